The molecule has 0 bridgehead atoms. The number of β-lactam (4-membered cyclic amide) rings is 1. The van der Waals surface area contributed by atoms with Crippen LogP contribution in [0.25, 0.3) is 5.70 Å². The highest BCUT2D eigenvalue weighted by Crippen LogP contribution is 2.40. The molecule has 1 aromatic heterocycles. The van der Waals surface area contributed by atoms with Crippen molar-refractivity contribution < 1.29 is 19.4 Å². The number of aromatic nitrogens is 3. The van der Waals surface area contributed by atoms with Crippen LogP contribution < -0.4 is 0 Å². The molecule has 140 valence electrons. The van der Waals surface area contributed by atoms with Crippen molar-refractivity contribution in [3.8, 4) is 0 Å². The summed E-state index contributed by atoms with van der Waals surface area (Å²) in [7, 11) is 0. The number of rotatable bonds is 7. The predicted molar refractivity (Wildman–Crippen MR) is 94.8 cm³/mol. The van der Waals surface area contributed by atoms with Gasteiger partial charge in [-0.05, 0) is 18.4 Å². The molecule has 1 saturated heterocycles. The lowest BCUT2D eigenvalue weighted by Gasteiger charge is -2.35. The van der Waals surface area contributed by atoms with E-state index in [9.17, 15) is 9.59 Å². The van der Waals surface area contributed by atoms with Gasteiger partial charge in [-0.15, -0.1) is 5.10 Å². The SMILES string of the molecule is O=C(OCc1ccccc1)C1=C(n2cc(CCCO)nn2)C[C@@H]2CC(=O)N12. The molecule has 3 heterocycles. The Balaban J connectivity index is 1.57. The van der Waals surface area contributed by atoms with E-state index in [4.69, 9.17) is 9.84 Å². The second kappa shape index (κ2) is 7.32. The summed E-state index contributed by atoms with van der Waals surface area (Å²) in [5.74, 6) is -0.612. The van der Waals surface area contributed by atoms with E-state index in [1.54, 1.807) is 10.9 Å². The van der Waals surface area contributed by atoms with Crippen LogP contribution in [0, 0.1) is 0 Å². The molecule has 1 fully saturated rings. The molecular formula is C19H20N4O4. The van der Waals surface area contributed by atoms with Gasteiger partial charge in [-0.2, -0.15) is 0 Å². The fraction of sp³-hybridized carbons (Fsp3) is 0.368. The minimum absolute atomic E-state index is 0.0168. The molecule has 1 N–H and O–H groups in total. The van der Waals surface area contributed by atoms with Crippen molar-refractivity contribution >= 4 is 17.6 Å². The number of fused-ring (bicyclic) bond motifs is 1. The van der Waals surface area contributed by atoms with Crippen molar-refractivity contribution in [1.29, 1.82) is 0 Å². The number of nitrogens with zero attached hydrogens (tertiary/aromatic N) is 4. The van der Waals surface area contributed by atoms with Gasteiger partial charge in [0.05, 0.1) is 23.6 Å². The third-order valence-corrected chi connectivity index (χ3v) is 4.80. The van der Waals surface area contributed by atoms with E-state index >= 15 is 0 Å². The fourth-order valence-electron chi connectivity index (χ4n) is 3.43. The van der Waals surface area contributed by atoms with Crippen molar-refractivity contribution in [2.45, 2.75) is 38.3 Å². The van der Waals surface area contributed by atoms with Crippen LogP contribution in [-0.4, -0.2) is 49.5 Å². The second-order valence-corrected chi connectivity index (χ2v) is 6.66. The van der Waals surface area contributed by atoms with E-state index in [0.29, 0.717) is 31.4 Å². The maximum absolute atomic E-state index is 12.7. The van der Waals surface area contributed by atoms with Gasteiger partial charge >= 0.3 is 5.97 Å². The Bertz CT molecular complexity index is 890. The molecule has 0 unspecified atom stereocenters. The van der Waals surface area contributed by atoms with E-state index in [-0.39, 0.29) is 30.9 Å². The summed E-state index contributed by atoms with van der Waals surface area (Å²) in [5.41, 5.74) is 2.50. The highest BCUT2D eigenvalue weighted by atomic mass is 16.5. The summed E-state index contributed by atoms with van der Waals surface area (Å²) in [6.45, 7) is 0.221. The second-order valence-electron chi connectivity index (χ2n) is 6.66. The molecule has 8 heteroatoms. The third kappa shape index (κ3) is 3.35. The quantitative estimate of drug-likeness (QED) is 0.581. The van der Waals surface area contributed by atoms with Crippen molar-refractivity contribution in [3.63, 3.8) is 0 Å². The number of aliphatic hydroxyl groups is 1. The Morgan fingerprint density at radius 1 is 1.26 bits per heavy atom. The van der Waals surface area contributed by atoms with Gasteiger partial charge in [-0.1, -0.05) is 35.5 Å². The maximum atomic E-state index is 12.7. The largest absolute Gasteiger partial charge is 0.456 e. The normalized spacial score (nSPS) is 18.5. The van der Waals surface area contributed by atoms with Crippen LogP contribution in [0.15, 0.2) is 42.2 Å². The van der Waals surface area contributed by atoms with Crippen LogP contribution >= 0.6 is 0 Å². The number of esters is 1. The maximum Gasteiger partial charge on any atom is 0.357 e. The van der Waals surface area contributed by atoms with Gasteiger partial charge in [0, 0.05) is 19.4 Å². The average Bonchev–Trinajstić information content (AvgIpc) is 3.27. The molecule has 4 rings (SSSR count). The highest BCUT2D eigenvalue weighted by Gasteiger charge is 2.48. The lowest BCUT2D eigenvalue weighted by atomic mass is 10.0. The number of ether oxygens (including phenoxy) is 1. The zero-order chi connectivity index (χ0) is 18.8. The number of amides is 1. The first-order chi connectivity index (χ1) is 13.2. The van der Waals surface area contributed by atoms with Gasteiger partial charge in [0.15, 0.2) is 5.70 Å². The zero-order valence-electron chi connectivity index (χ0n) is 14.7. The molecule has 1 amide bonds. The van der Waals surface area contributed by atoms with Gasteiger partial charge in [0.25, 0.3) is 0 Å². The first kappa shape index (κ1) is 17.4. The molecule has 0 aliphatic carbocycles. The van der Waals surface area contributed by atoms with Crippen molar-refractivity contribution in [2.24, 2.45) is 0 Å². The molecule has 27 heavy (non-hydrogen) atoms. The van der Waals surface area contributed by atoms with E-state index < -0.39 is 5.97 Å². The fourth-order valence-corrected chi connectivity index (χ4v) is 3.43. The monoisotopic (exact) mass is 368 g/mol. The van der Waals surface area contributed by atoms with Gasteiger partial charge < -0.3 is 14.7 Å². The van der Waals surface area contributed by atoms with Gasteiger partial charge in [0.1, 0.15) is 6.61 Å². The first-order valence-electron chi connectivity index (χ1n) is 8.96. The summed E-state index contributed by atoms with van der Waals surface area (Å²) < 4.78 is 7.00. The van der Waals surface area contributed by atoms with Crippen LogP contribution in [0.3, 0.4) is 0 Å². The highest BCUT2D eigenvalue weighted by molar-refractivity contribution is 6.03. The van der Waals surface area contributed by atoms with E-state index in [2.05, 4.69) is 10.3 Å². The molecule has 8 nitrogen and oxygen atoms in total. The minimum Gasteiger partial charge on any atom is -0.456 e. The van der Waals surface area contributed by atoms with E-state index in [1.807, 2.05) is 30.3 Å². The molecule has 1 atom stereocenters. The smallest absolute Gasteiger partial charge is 0.357 e. The van der Waals surface area contributed by atoms with Crippen molar-refractivity contribution in [1.82, 2.24) is 19.9 Å². The molecule has 2 aliphatic heterocycles. The van der Waals surface area contributed by atoms with Crippen LogP contribution in [0.2, 0.25) is 0 Å². The molecule has 0 spiro atoms. The number of hydrogen-bond acceptors (Lipinski definition) is 6. The number of carbonyl (C=O) groups excluding carboxylic acids is 2. The number of aryl methyl sites for hydroxylation is 1. The van der Waals surface area contributed by atoms with Crippen LogP contribution in [-0.2, 0) is 27.4 Å². The molecular weight excluding hydrogens is 348 g/mol. The molecule has 0 radical (unpaired) electrons. The number of benzene rings is 1. The predicted octanol–water partition coefficient (Wildman–Crippen LogP) is 1.12. The summed E-state index contributed by atoms with van der Waals surface area (Å²) in [5, 5.41) is 17.1. The molecule has 1 aromatic carbocycles. The van der Waals surface area contributed by atoms with Crippen LogP contribution in [0.5, 0.6) is 0 Å². The van der Waals surface area contributed by atoms with Crippen LogP contribution in [0.4, 0.5) is 0 Å². The average molecular weight is 368 g/mol. The van der Waals surface area contributed by atoms with E-state index in [0.717, 1.165) is 11.3 Å². The Morgan fingerprint density at radius 2 is 2.07 bits per heavy atom. The Labute approximate surface area is 156 Å². The first-order valence-corrected chi connectivity index (χ1v) is 8.96. The number of carbonyl (C=O) groups is 2. The standard InChI is InChI=1S/C19H20N4O4/c24-8-4-7-14-11-22(21-20-14)16-9-15-10-17(25)23(15)18(16)19(26)27-12-13-5-2-1-3-6-13/h1-3,5-6,11,15,24H,4,7-10,12H2/t15-/m1/s1. The number of hydrogen-bond donors (Lipinski definition) is 1. The summed E-state index contributed by atoms with van der Waals surface area (Å²) in [4.78, 5) is 26.3. The third-order valence-electron chi connectivity index (χ3n) is 4.80. The van der Waals surface area contributed by atoms with Crippen LogP contribution in [0.1, 0.15) is 30.5 Å². The topological polar surface area (TPSA) is 97.5 Å². The van der Waals surface area contributed by atoms with Crippen molar-refractivity contribution in [2.75, 3.05) is 6.61 Å². The lowest BCUT2D eigenvalue weighted by Crippen LogP contribution is -2.49. The van der Waals surface area contributed by atoms with Gasteiger partial charge in [0.2, 0.25) is 5.91 Å². The Morgan fingerprint density at radius 3 is 2.81 bits per heavy atom. The van der Waals surface area contributed by atoms with Gasteiger partial charge in [-0.3, -0.25) is 4.79 Å². The number of aliphatic hydroxyl groups excluding tert-OH is 1. The minimum atomic E-state index is -0.531. The Kier molecular flexibility index (Phi) is 4.72. The molecule has 0 saturated carbocycles. The zero-order valence-corrected chi connectivity index (χ0v) is 14.7. The lowest BCUT2D eigenvalue weighted by molar-refractivity contribution is -0.150. The van der Waals surface area contributed by atoms with Gasteiger partial charge in [-0.25, -0.2) is 9.48 Å². The summed E-state index contributed by atoms with van der Waals surface area (Å²) >= 11 is 0. The summed E-state index contributed by atoms with van der Waals surface area (Å²) in [6, 6.07) is 9.38. The summed E-state index contributed by atoms with van der Waals surface area (Å²) in [6.07, 6.45) is 3.90. The molecule has 2 aliphatic rings. The Hall–Kier alpha value is -3.00. The van der Waals surface area contributed by atoms with E-state index in [1.165, 1.54) is 4.90 Å². The molecule has 2 aromatic rings. The van der Waals surface area contributed by atoms with Crippen molar-refractivity contribution in [3.05, 3.63) is 53.5 Å².